The van der Waals surface area contributed by atoms with Crippen LogP contribution in [0.25, 0.3) is 0 Å². The summed E-state index contributed by atoms with van der Waals surface area (Å²) >= 11 is 0. The summed E-state index contributed by atoms with van der Waals surface area (Å²) in [6.07, 6.45) is 0. The lowest BCUT2D eigenvalue weighted by Crippen LogP contribution is -2.25. The van der Waals surface area contributed by atoms with Crippen LogP contribution in [0.5, 0.6) is 5.75 Å². The van der Waals surface area contributed by atoms with Crippen LogP contribution in [0.2, 0.25) is 0 Å². The van der Waals surface area contributed by atoms with Crippen LogP contribution in [-0.2, 0) is 0 Å². The van der Waals surface area contributed by atoms with Crippen LogP contribution in [-0.4, -0.2) is 10.6 Å². The number of aromatic hydroxyl groups is 1. The second kappa shape index (κ2) is 3.05. The Morgan fingerprint density at radius 1 is 1.17 bits per heavy atom. The van der Waals surface area contributed by atoms with Gasteiger partial charge in [0.05, 0.1) is 5.69 Å². The van der Waals surface area contributed by atoms with Crippen LogP contribution in [0.1, 0.15) is 20.8 Å². The molecule has 1 rings (SSSR count). The summed E-state index contributed by atoms with van der Waals surface area (Å²) in [5.41, 5.74) is 0.767. The average molecular weight is 165 g/mol. The zero-order chi connectivity index (χ0) is 9.19. The third kappa shape index (κ3) is 2.46. The van der Waals surface area contributed by atoms with Gasteiger partial charge < -0.3 is 10.4 Å². The molecule has 0 aliphatic rings. The number of hydrogen-bond donors (Lipinski definition) is 2. The number of hydrogen-bond acceptors (Lipinski definition) is 2. The lowest BCUT2D eigenvalue weighted by molar-refractivity contribution is 0.474. The highest BCUT2D eigenvalue weighted by molar-refractivity contribution is 5.56. The Morgan fingerprint density at radius 2 is 1.75 bits per heavy atom. The number of phenols is 1. The van der Waals surface area contributed by atoms with Crippen molar-refractivity contribution in [1.82, 2.24) is 0 Å². The molecule has 0 saturated heterocycles. The normalized spacial score (nSPS) is 11.2. The molecule has 0 aliphatic heterocycles. The SMILES string of the molecule is CC(C)(C)Nc1ccccc1O. The van der Waals surface area contributed by atoms with Crippen molar-refractivity contribution in [3.05, 3.63) is 24.3 Å². The van der Waals surface area contributed by atoms with Crippen LogP contribution in [0.4, 0.5) is 5.69 Å². The maximum absolute atomic E-state index is 9.41. The van der Waals surface area contributed by atoms with Gasteiger partial charge in [-0.05, 0) is 32.9 Å². The standard InChI is InChI=1S/C10H15NO/c1-10(2,3)11-8-6-4-5-7-9(8)12/h4-7,11-12H,1-3H3. The molecular formula is C10H15NO. The van der Waals surface area contributed by atoms with Gasteiger partial charge in [-0.25, -0.2) is 0 Å². The molecule has 0 atom stereocenters. The third-order valence-corrected chi connectivity index (χ3v) is 1.41. The summed E-state index contributed by atoms with van der Waals surface area (Å²) in [6, 6.07) is 7.24. The Morgan fingerprint density at radius 3 is 2.25 bits per heavy atom. The van der Waals surface area contributed by atoms with E-state index in [1.807, 2.05) is 18.2 Å². The highest BCUT2D eigenvalue weighted by atomic mass is 16.3. The number of anilines is 1. The van der Waals surface area contributed by atoms with E-state index in [4.69, 9.17) is 0 Å². The second-order valence-electron chi connectivity index (χ2n) is 3.89. The first kappa shape index (κ1) is 8.91. The fraction of sp³-hybridized carbons (Fsp3) is 0.400. The van der Waals surface area contributed by atoms with E-state index in [-0.39, 0.29) is 5.54 Å². The number of nitrogens with one attached hydrogen (secondary N) is 1. The number of rotatable bonds is 1. The minimum atomic E-state index is -0.0150. The molecule has 0 fully saturated rings. The molecule has 0 saturated carbocycles. The van der Waals surface area contributed by atoms with Crippen LogP contribution < -0.4 is 5.32 Å². The molecule has 66 valence electrons. The summed E-state index contributed by atoms with van der Waals surface area (Å²) in [5, 5.41) is 12.6. The van der Waals surface area contributed by atoms with Gasteiger partial charge in [0.1, 0.15) is 5.75 Å². The molecule has 2 N–H and O–H groups in total. The lowest BCUT2D eigenvalue weighted by atomic mass is 10.1. The fourth-order valence-corrected chi connectivity index (χ4v) is 0.983. The van der Waals surface area contributed by atoms with Crippen molar-refractivity contribution in [2.24, 2.45) is 0 Å². The van der Waals surface area contributed by atoms with Crippen molar-refractivity contribution in [1.29, 1.82) is 0 Å². The molecule has 2 nitrogen and oxygen atoms in total. The fourth-order valence-electron chi connectivity index (χ4n) is 0.983. The summed E-state index contributed by atoms with van der Waals surface area (Å²) in [6.45, 7) is 6.17. The van der Waals surface area contributed by atoms with Crippen LogP contribution in [0, 0.1) is 0 Å². The number of benzene rings is 1. The molecule has 0 bridgehead atoms. The molecule has 0 spiro atoms. The average Bonchev–Trinajstić information content (AvgIpc) is 1.91. The Labute approximate surface area is 73.2 Å². The molecule has 0 amide bonds. The van der Waals surface area contributed by atoms with E-state index in [9.17, 15) is 5.11 Å². The molecule has 0 unspecified atom stereocenters. The zero-order valence-electron chi connectivity index (χ0n) is 7.76. The lowest BCUT2D eigenvalue weighted by Gasteiger charge is -2.22. The van der Waals surface area contributed by atoms with Crippen molar-refractivity contribution in [3.63, 3.8) is 0 Å². The van der Waals surface area contributed by atoms with Gasteiger partial charge in [-0.3, -0.25) is 0 Å². The predicted molar refractivity (Wildman–Crippen MR) is 51.5 cm³/mol. The molecule has 0 heterocycles. The molecular weight excluding hydrogens is 150 g/mol. The van der Waals surface area contributed by atoms with E-state index < -0.39 is 0 Å². The van der Waals surface area contributed by atoms with Gasteiger partial charge in [0.2, 0.25) is 0 Å². The topological polar surface area (TPSA) is 32.3 Å². The Hall–Kier alpha value is -1.18. The van der Waals surface area contributed by atoms with E-state index in [0.29, 0.717) is 5.75 Å². The Balaban J connectivity index is 2.83. The van der Waals surface area contributed by atoms with Crippen LogP contribution in [0.3, 0.4) is 0 Å². The maximum Gasteiger partial charge on any atom is 0.138 e. The molecule has 1 aromatic carbocycles. The Kier molecular flexibility index (Phi) is 2.27. The van der Waals surface area contributed by atoms with Gasteiger partial charge in [0.25, 0.3) is 0 Å². The van der Waals surface area contributed by atoms with Gasteiger partial charge in [-0.15, -0.1) is 0 Å². The monoisotopic (exact) mass is 165 g/mol. The first-order chi connectivity index (χ1) is 5.49. The Bertz CT molecular complexity index is 263. The third-order valence-electron chi connectivity index (χ3n) is 1.41. The van der Waals surface area contributed by atoms with Crippen molar-refractivity contribution in [2.45, 2.75) is 26.3 Å². The molecule has 2 heteroatoms. The van der Waals surface area contributed by atoms with Gasteiger partial charge in [-0.2, -0.15) is 0 Å². The molecule has 0 radical (unpaired) electrons. The summed E-state index contributed by atoms with van der Waals surface area (Å²) in [4.78, 5) is 0. The van der Waals surface area contributed by atoms with Crippen LogP contribution in [0.15, 0.2) is 24.3 Å². The van der Waals surface area contributed by atoms with Crippen molar-refractivity contribution in [3.8, 4) is 5.75 Å². The first-order valence-electron chi connectivity index (χ1n) is 4.05. The predicted octanol–water partition coefficient (Wildman–Crippen LogP) is 2.60. The van der Waals surface area contributed by atoms with Crippen LogP contribution >= 0.6 is 0 Å². The second-order valence-corrected chi connectivity index (χ2v) is 3.89. The summed E-state index contributed by atoms with van der Waals surface area (Å²) in [5.74, 6) is 0.299. The smallest absolute Gasteiger partial charge is 0.138 e. The van der Waals surface area contributed by atoms with Gasteiger partial charge in [0.15, 0.2) is 0 Å². The highest BCUT2D eigenvalue weighted by Crippen LogP contribution is 2.24. The minimum absolute atomic E-state index is 0.0150. The summed E-state index contributed by atoms with van der Waals surface area (Å²) < 4.78 is 0. The molecule has 12 heavy (non-hydrogen) atoms. The zero-order valence-corrected chi connectivity index (χ0v) is 7.76. The minimum Gasteiger partial charge on any atom is -0.506 e. The van der Waals surface area contributed by atoms with E-state index in [2.05, 4.69) is 26.1 Å². The summed E-state index contributed by atoms with van der Waals surface area (Å²) in [7, 11) is 0. The molecule has 0 aromatic heterocycles. The van der Waals surface area contributed by atoms with Crippen molar-refractivity contribution in [2.75, 3.05) is 5.32 Å². The highest BCUT2D eigenvalue weighted by Gasteiger charge is 2.10. The van der Waals surface area contributed by atoms with Gasteiger partial charge in [0, 0.05) is 5.54 Å². The van der Waals surface area contributed by atoms with E-state index in [0.717, 1.165) is 5.69 Å². The van der Waals surface area contributed by atoms with E-state index in [1.54, 1.807) is 6.07 Å². The van der Waals surface area contributed by atoms with Crippen molar-refractivity contribution < 1.29 is 5.11 Å². The molecule has 1 aromatic rings. The van der Waals surface area contributed by atoms with Crippen molar-refractivity contribution >= 4 is 5.69 Å². The maximum atomic E-state index is 9.41. The largest absolute Gasteiger partial charge is 0.506 e. The number of para-hydroxylation sites is 2. The quantitative estimate of drug-likeness (QED) is 0.627. The van der Waals surface area contributed by atoms with Gasteiger partial charge >= 0.3 is 0 Å². The first-order valence-corrected chi connectivity index (χ1v) is 4.05. The molecule has 0 aliphatic carbocycles. The van der Waals surface area contributed by atoms with E-state index in [1.165, 1.54) is 0 Å². The number of phenolic OH excluding ortho intramolecular Hbond substituents is 1. The van der Waals surface area contributed by atoms with Gasteiger partial charge in [-0.1, -0.05) is 12.1 Å². The van der Waals surface area contributed by atoms with E-state index >= 15 is 0 Å².